The average molecular weight is 526 g/mol. The molecule has 0 radical (unpaired) electrons. The van der Waals surface area contributed by atoms with E-state index >= 15 is 0 Å². The minimum Gasteiger partial charge on any atom is -0.458 e. The van der Waals surface area contributed by atoms with E-state index in [2.05, 4.69) is 20.9 Å². The molecule has 7 nitrogen and oxygen atoms in total. The van der Waals surface area contributed by atoms with Crippen molar-refractivity contribution in [1.29, 1.82) is 0 Å². The molecule has 0 fully saturated rings. The third kappa shape index (κ3) is 3.10. The topological polar surface area (TPSA) is 94.3 Å². The number of aliphatic hydroxyl groups excluding tert-OH is 1. The number of rotatable bonds is 1. The van der Waals surface area contributed by atoms with E-state index < -0.39 is 17.9 Å². The number of ether oxygens (including phenoxy) is 1. The molecule has 0 saturated heterocycles. The maximum Gasteiger partial charge on any atom is 0.340 e. The Balaban J connectivity index is 0.00000117. The van der Waals surface area contributed by atoms with Crippen LogP contribution in [0.5, 0.6) is 0 Å². The fourth-order valence-electron chi connectivity index (χ4n) is 4.84. The number of hydrogen-bond acceptors (Lipinski definition) is 6. The zero-order valence-corrected chi connectivity index (χ0v) is 20.4. The van der Waals surface area contributed by atoms with Crippen LogP contribution in [0.4, 0.5) is 4.39 Å². The number of benzene rings is 1. The molecule has 2 aliphatic heterocycles. The molecule has 1 atom stereocenters. The highest BCUT2D eigenvalue weighted by atomic mass is 79.9. The summed E-state index contributed by atoms with van der Waals surface area (Å²) in [4.78, 5) is 34.0. The van der Waals surface area contributed by atoms with Crippen molar-refractivity contribution in [2.45, 2.75) is 46.4 Å². The summed E-state index contributed by atoms with van der Waals surface area (Å²) in [5.74, 6) is -1.26. The van der Waals surface area contributed by atoms with Crippen molar-refractivity contribution < 1.29 is 19.0 Å². The Kier molecular flexibility index (Phi) is 5.49. The van der Waals surface area contributed by atoms with E-state index in [1.54, 1.807) is 16.8 Å². The van der Waals surface area contributed by atoms with Gasteiger partial charge in [-0.2, -0.15) is 0 Å². The molecule has 2 aliphatic rings. The van der Waals surface area contributed by atoms with Gasteiger partial charge in [0.05, 0.1) is 29.0 Å². The summed E-state index contributed by atoms with van der Waals surface area (Å²) in [6.45, 7) is 6.13. The molecule has 174 valence electrons. The van der Waals surface area contributed by atoms with Crippen molar-refractivity contribution in [3.63, 3.8) is 0 Å². The fourth-order valence-corrected chi connectivity index (χ4v) is 5.17. The second-order valence-electron chi connectivity index (χ2n) is 7.94. The molecule has 9 heteroatoms. The van der Waals surface area contributed by atoms with Gasteiger partial charge in [0.25, 0.3) is 5.56 Å². The van der Waals surface area contributed by atoms with Gasteiger partial charge in [-0.15, -0.1) is 0 Å². The van der Waals surface area contributed by atoms with E-state index in [1.807, 2.05) is 26.8 Å². The number of pyridine rings is 3. The maximum atomic E-state index is 14.9. The highest BCUT2D eigenvalue weighted by molar-refractivity contribution is 9.10. The van der Waals surface area contributed by atoms with Crippen molar-refractivity contribution in [3.8, 4) is 11.4 Å². The van der Waals surface area contributed by atoms with Crippen LogP contribution in [0.1, 0.15) is 49.1 Å². The average Bonchev–Trinajstić information content (AvgIpc) is 3.20. The molecule has 0 bridgehead atoms. The third-order valence-electron chi connectivity index (χ3n) is 6.28. The van der Waals surface area contributed by atoms with E-state index in [9.17, 15) is 19.1 Å². The summed E-state index contributed by atoms with van der Waals surface area (Å²) < 4.78 is 22.1. The first-order chi connectivity index (χ1) is 16.4. The Morgan fingerprint density at radius 2 is 2.00 bits per heavy atom. The van der Waals surface area contributed by atoms with E-state index in [-0.39, 0.29) is 28.8 Å². The fraction of sp³-hybridized carbons (Fsp3) is 0.280. The van der Waals surface area contributed by atoms with E-state index in [4.69, 9.17) is 9.72 Å². The summed E-state index contributed by atoms with van der Waals surface area (Å²) in [5.41, 5.74) is 3.79. The number of carbonyl (C=O) groups is 1. The molecule has 0 spiro atoms. The van der Waals surface area contributed by atoms with Crippen LogP contribution in [0.2, 0.25) is 0 Å². The van der Waals surface area contributed by atoms with Crippen LogP contribution in [0, 0.1) is 5.82 Å². The molecule has 1 aromatic carbocycles. The predicted octanol–water partition coefficient (Wildman–Crippen LogP) is 4.55. The van der Waals surface area contributed by atoms with Crippen LogP contribution < -0.4 is 5.56 Å². The lowest BCUT2D eigenvalue weighted by Gasteiger charge is -2.21. The van der Waals surface area contributed by atoms with Crippen molar-refractivity contribution in [3.05, 3.63) is 67.3 Å². The van der Waals surface area contributed by atoms with Gasteiger partial charge in [0, 0.05) is 38.6 Å². The van der Waals surface area contributed by atoms with Gasteiger partial charge in [-0.05, 0) is 40.0 Å². The largest absolute Gasteiger partial charge is 0.458 e. The Hall–Kier alpha value is -3.17. The SMILES string of the molecule is CC.CCc1c2c(nc3cc(F)c4ncc(Br)cc4c13)-c1cc3c(c(=O)n1C2)COC(=O)C3O. The number of esters is 1. The molecule has 0 aliphatic carbocycles. The number of carbonyl (C=O) groups excluding carboxylic acids is 1. The van der Waals surface area contributed by atoms with Gasteiger partial charge in [0.15, 0.2) is 11.9 Å². The normalized spacial score (nSPS) is 15.9. The monoisotopic (exact) mass is 525 g/mol. The summed E-state index contributed by atoms with van der Waals surface area (Å²) >= 11 is 3.42. The predicted molar refractivity (Wildman–Crippen MR) is 129 cm³/mol. The van der Waals surface area contributed by atoms with E-state index in [1.165, 1.54) is 6.07 Å². The highest BCUT2D eigenvalue weighted by Crippen LogP contribution is 2.40. The lowest BCUT2D eigenvalue weighted by Crippen LogP contribution is -2.32. The summed E-state index contributed by atoms with van der Waals surface area (Å²) in [5, 5.41) is 11.7. The minimum atomic E-state index is -1.52. The van der Waals surface area contributed by atoms with E-state index in [0.717, 1.165) is 21.0 Å². The van der Waals surface area contributed by atoms with Crippen LogP contribution in [-0.2, 0) is 29.1 Å². The van der Waals surface area contributed by atoms with Gasteiger partial charge in [0.1, 0.15) is 12.1 Å². The number of aliphatic hydroxyl groups is 1. The quantitative estimate of drug-likeness (QED) is 0.255. The summed E-state index contributed by atoms with van der Waals surface area (Å²) in [7, 11) is 0. The van der Waals surface area contributed by atoms with Crippen LogP contribution in [0.3, 0.4) is 0 Å². The molecular formula is C25H21BrFN3O4. The van der Waals surface area contributed by atoms with Gasteiger partial charge in [0.2, 0.25) is 0 Å². The molecule has 3 aromatic heterocycles. The van der Waals surface area contributed by atoms with Gasteiger partial charge in [-0.1, -0.05) is 20.8 Å². The molecule has 0 amide bonds. The van der Waals surface area contributed by atoms with Crippen LogP contribution in [0.15, 0.2) is 33.7 Å². The molecule has 0 saturated carbocycles. The van der Waals surface area contributed by atoms with Crippen molar-refractivity contribution in [2.24, 2.45) is 0 Å². The van der Waals surface area contributed by atoms with Gasteiger partial charge < -0.3 is 14.4 Å². The second kappa shape index (κ2) is 8.25. The van der Waals surface area contributed by atoms with Crippen molar-refractivity contribution in [2.75, 3.05) is 0 Å². The van der Waals surface area contributed by atoms with Gasteiger partial charge in [-0.25, -0.2) is 14.2 Å². The zero-order chi connectivity index (χ0) is 24.3. The van der Waals surface area contributed by atoms with Gasteiger partial charge >= 0.3 is 5.97 Å². The summed E-state index contributed by atoms with van der Waals surface area (Å²) in [6.07, 6.45) is 0.678. The Morgan fingerprint density at radius 3 is 2.74 bits per heavy atom. The Bertz CT molecular complexity index is 1580. The number of hydrogen-bond donors (Lipinski definition) is 1. The van der Waals surface area contributed by atoms with Crippen LogP contribution >= 0.6 is 15.9 Å². The van der Waals surface area contributed by atoms with E-state index in [0.29, 0.717) is 35.3 Å². The summed E-state index contributed by atoms with van der Waals surface area (Å²) in [6, 6.07) is 4.82. The smallest absolute Gasteiger partial charge is 0.340 e. The number of fused-ring (bicyclic) bond motifs is 7. The Morgan fingerprint density at radius 1 is 1.24 bits per heavy atom. The number of nitrogens with zero attached hydrogens (tertiary/aromatic N) is 3. The zero-order valence-electron chi connectivity index (χ0n) is 18.8. The lowest BCUT2D eigenvalue weighted by molar-refractivity contribution is -0.157. The van der Waals surface area contributed by atoms with Crippen LogP contribution in [-0.4, -0.2) is 25.6 Å². The highest BCUT2D eigenvalue weighted by Gasteiger charge is 2.34. The minimum absolute atomic E-state index is 0.174. The van der Waals surface area contributed by atoms with Crippen molar-refractivity contribution in [1.82, 2.24) is 14.5 Å². The first kappa shape index (κ1) is 22.6. The number of aromatic nitrogens is 3. The Labute approximate surface area is 202 Å². The molecule has 34 heavy (non-hydrogen) atoms. The molecule has 6 rings (SSSR count). The van der Waals surface area contributed by atoms with Gasteiger partial charge in [-0.3, -0.25) is 9.78 Å². The molecule has 1 unspecified atom stereocenters. The standard InChI is InChI=1S/C23H15BrFN3O4.C2H6/c1-2-10-13-7-28-17(4-11-14(22(28)30)8-32-23(31)21(11)29)20(13)27-16-5-15(25)19-12(18(10)16)3-9(24)6-26-19;1-2/h3-6,21,29H,2,7-8H2,1H3;1-2H3. The van der Waals surface area contributed by atoms with Crippen molar-refractivity contribution >= 4 is 43.7 Å². The maximum absolute atomic E-state index is 14.9. The third-order valence-corrected chi connectivity index (χ3v) is 6.71. The molecular weight excluding hydrogens is 505 g/mol. The second-order valence-corrected chi connectivity index (χ2v) is 8.85. The van der Waals surface area contributed by atoms with Crippen LogP contribution in [0.25, 0.3) is 33.2 Å². The number of halogens is 2. The first-order valence-electron chi connectivity index (χ1n) is 11.1. The number of cyclic esters (lactones) is 1. The number of aryl methyl sites for hydroxylation is 1. The molecule has 4 aromatic rings. The lowest BCUT2D eigenvalue weighted by atomic mass is 9.95. The molecule has 1 N–H and O–H groups in total. The molecule has 5 heterocycles. The first-order valence-corrected chi connectivity index (χ1v) is 11.9.